The van der Waals surface area contributed by atoms with Crippen molar-refractivity contribution >= 4 is 25.7 Å². The number of rotatable bonds is 41. The van der Waals surface area contributed by atoms with Crippen LogP contribution in [0.15, 0.2) is 60.8 Å². The molecule has 0 bridgehead atoms. The second-order valence-electron chi connectivity index (χ2n) is 15.0. The highest BCUT2D eigenvalue weighted by atomic mass is 31.2. The zero-order valence-corrected chi connectivity index (χ0v) is 37.3. The number of carboxylic acid groups (broad SMARTS) is 1. The number of aliphatic hydroxyl groups excluding tert-OH is 1. The van der Waals surface area contributed by atoms with Crippen molar-refractivity contribution in [2.24, 2.45) is 5.73 Å². The number of aliphatic carboxylic acids is 1. The minimum atomic E-state index is -4.74. The first-order valence-electron chi connectivity index (χ1n) is 22.4. The molecule has 2 unspecified atom stereocenters. The minimum Gasteiger partial charge on any atom is -0.480 e. The molecule has 0 amide bonds. The van der Waals surface area contributed by atoms with Gasteiger partial charge in [0.05, 0.1) is 19.3 Å². The smallest absolute Gasteiger partial charge is 0.472 e. The van der Waals surface area contributed by atoms with Gasteiger partial charge in [-0.05, 0) is 70.6 Å². The standard InChI is InChI=1S/C46H80NO11P/c1-3-5-7-8-9-10-11-12-13-14-15-16-17-18-19-22-25-28-32-36-44(49)55-38-42(39-56-59(53,54)57-40-43(47)46(51)52)58-45(50)37-33-29-26-23-20-21-24-27-31-35-41(48)34-30-6-4-2/h6,9-10,12-13,24,27,30-31,35,41-43,48H,3-5,7-8,11,14-23,25-26,28-29,32-34,36-40,47H2,1-2H3,(H,51,52)(H,53,54)/b10-9-,13-12-,27-24+,30-6+,35-31+/t41?,42-,43+/m1/s1. The third kappa shape index (κ3) is 40.3. The van der Waals surface area contributed by atoms with Gasteiger partial charge in [-0.2, -0.15) is 0 Å². The van der Waals surface area contributed by atoms with E-state index in [0.717, 1.165) is 70.6 Å². The summed E-state index contributed by atoms with van der Waals surface area (Å²) in [4.78, 5) is 46.0. The van der Waals surface area contributed by atoms with Crippen LogP contribution in [0.3, 0.4) is 0 Å². The summed E-state index contributed by atoms with van der Waals surface area (Å²) in [5.74, 6) is -2.45. The Kier molecular flexibility index (Phi) is 38.6. The van der Waals surface area contributed by atoms with Gasteiger partial charge in [0.2, 0.25) is 0 Å². The maximum absolute atomic E-state index is 12.6. The Morgan fingerprint density at radius 3 is 1.73 bits per heavy atom. The van der Waals surface area contributed by atoms with Crippen LogP contribution in [-0.2, 0) is 37.5 Å². The molecule has 0 spiro atoms. The van der Waals surface area contributed by atoms with E-state index in [0.29, 0.717) is 19.3 Å². The summed E-state index contributed by atoms with van der Waals surface area (Å²) in [6, 6.07) is -1.54. The summed E-state index contributed by atoms with van der Waals surface area (Å²) in [6.07, 6.45) is 43.2. The molecule has 0 aliphatic carbocycles. The molecule has 5 N–H and O–H groups in total. The van der Waals surface area contributed by atoms with Gasteiger partial charge in [-0.25, -0.2) is 4.57 Å². The number of phosphoric acid groups is 1. The molecular weight excluding hydrogens is 773 g/mol. The predicted molar refractivity (Wildman–Crippen MR) is 237 cm³/mol. The van der Waals surface area contributed by atoms with Crippen LogP contribution in [0.1, 0.15) is 174 Å². The van der Waals surface area contributed by atoms with Crippen molar-refractivity contribution in [1.82, 2.24) is 0 Å². The quantitative estimate of drug-likeness (QED) is 0.0150. The summed E-state index contributed by atoms with van der Waals surface area (Å²) >= 11 is 0. The van der Waals surface area contributed by atoms with Crippen molar-refractivity contribution < 1.29 is 52.6 Å². The predicted octanol–water partition coefficient (Wildman–Crippen LogP) is 10.9. The first kappa shape index (κ1) is 56.1. The summed E-state index contributed by atoms with van der Waals surface area (Å²) in [7, 11) is -4.74. The Morgan fingerprint density at radius 2 is 1.15 bits per heavy atom. The molecule has 12 nitrogen and oxygen atoms in total. The normalized spacial score (nSPS) is 14.8. The second kappa shape index (κ2) is 40.5. The SMILES string of the molecule is CC/C=C/CC(O)/C=C/C=C/CCCCCCCC(=O)O[C@H](COC(=O)CCCCCCCCCCC/C=C\C/C=C\CCCCC)COP(=O)(O)OC[C@H](N)C(=O)O. The number of hydrogen-bond donors (Lipinski definition) is 4. The molecule has 13 heteroatoms. The van der Waals surface area contributed by atoms with Crippen molar-refractivity contribution in [2.45, 2.75) is 193 Å². The number of carbonyl (C=O) groups is 3. The van der Waals surface area contributed by atoms with Crippen LogP contribution < -0.4 is 5.73 Å². The first-order chi connectivity index (χ1) is 28.5. The number of esters is 2. The molecular formula is C46H80NO11P. The van der Waals surface area contributed by atoms with Crippen molar-refractivity contribution in [3.8, 4) is 0 Å². The largest absolute Gasteiger partial charge is 0.480 e. The number of aliphatic hydroxyl groups is 1. The number of allylic oxidation sites excluding steroid dienone is 8. The van der Waals surface area contributed by atoms with Crippen molar-refractivity contribution in [3.05, 3.63) is 60.8 Å². The van der Waals surface area contributed by atoms with Gasteiger partial charge >= 0.3 is 25.7 Å². The number of nitrogens with two attached hydrogens (primary N) is 1. The fourth-order valence-electron chi connectivity index (χ4n) is 5.78. The van der Waals surface area contributed by atoms with E-state index in [2.05, 4.69) is 48.8 Å². The van der Waals surface area contributed by atoms with E-state index in [4.69, 9.17) is 24.8 Å². The van der Waals surface area contributed by atoms with E-state index in [1.54, 1.807) is 6.08 Å². The number of unbranched alkanes of at least 4 members (excludes halogenated alkanes) is 17. The van der Waals surface area contributed by atoms with Crippen molar-refractivity contribution in [3.63, 3.8) is 0 Å². The average Bonchev–Trinajstić information content (AvgIpc) is 3.20. The molecule has 0 aliphatic rings. The average molecular weight is 854 g/mol. The Labute approximate surface area is 356 Å². The molecule has 59 heavy (non-hydrogen) atoms. The third-order valence-electron chi connectivity index (χ3n) is 9.33. The lowest BCUT2D eigenvalue weighted by molar-refractivity contribution is -0.161. The topological polar surface area (TPSA) is 192 Å². The van der Waals surface area contributed by atoms with E-state index in [1.165, 1.54) is 57.8 Å². The summed E-state index contributed by atoms with van der Waals surface area (Å²) in [6.45, 7) is 2.53. The number of hydrogen-bond acceptors (Lipinski definition) is 10. The number of phosphoric ester groups is 1. The van der Waals surface area contributed by atoms with Gasteiger partial charge in [-0.3, -0.25) is 23.4 Å². The minimum absolute atomic E-state index is 0.111. The van der Waals surface area contributed by atoms with Gasteiger partial charge in [-0.1, -0.05) is 152 Å². The van der Waals surface area contributed by atoms with E-state index in [1.807, 2.05) is 24.3 Å². The monoisotopic (exact) mass is 854 g/mol. The Hall–Kier alpha value is -2.86. The van der Waals surface area contributed by atoms with Crippen LogP contribution in [0.25, 0.3) is 0 Å². The zero-order chi connectivity index (χ0) is 43.7. The molecule has 0 saturated carbocycles. The lowest BCUT2D eigenvalue weighted by Crippen LogP contribution is -2.34. The number of carbonyl (C=O) groups excluding carboxylic acids is 2. The molecule has 0 aliphatic heterocycles. The summed E-state index contributed by atoms with van der Waals surface area (Å²) in [5, 5.41) is 18.8. The Bertz CT molecular complexity index is 1250. The number of carboxylic acids is 1. The number of ether oxygens (including phenoxy) is 2. The van der Waals surface area contributed by atoms with Crippen molar-refractivity contribution in [2.75, 3.05) is 19.8 Å². The van der Waals surface area contributed by atoms with Crippen LogP contribution in [0.2, 0.25) is 0 Å². The van der Waals surface area contributed by atoms with E-state index in [9.17, 15) is 28.9 Å². The maximum atomic E-state index is 12.6. The molecule has 340 valence electrons. The molecule has 4 atom stereocenters. The van der Waals surface area contributed by atoms with E-state index >= 15 is 0 Å². The van der Waals surface area contributed by atoms with Crippen LogP contribution in [0, 0.1) is 0 Å². The third-order valence-corrected chi connectivity index (χ3v) is 10.3. The lowest BCUT2D eigenvalue weighted by Gasteiger charge is -2.20. The highest BCUT2D eigenvalue weighted by Crippen LogP contribution is 2.43. The summed E-state index contributed by atoms with van der Waals surface area (Å²) in [5.41, 5.74) is 5.33. The van der Waals surface area contributed by atoms with Gasteiger partial charge < -0.3 is 30.3 Å². The fourth-order valence-corrected chi connectivity index (χ4v) is 6.56. The van der Waals surface area contributed by atoms with Crippen LogP contribution in [-0.4, -0.2) is 71.1 Å². The first-order valence-corrected chi connectivity index (χ1v) is 23.9. The van der Waals surface area contributed by atoms with Crippen LogP contribution in [0.4, 0.5) is 0 Å². The van der Waals surface area contributed by atoms with E-state index < -0.39 is 57.2 Å². The van der Waals surface area contributed by atoms with Gasteiger partial charge in [0.15, 0.2) is 6.10 Å². The molecule has 0 aromatic carbocycles. The second-order valence-corrected chi connectivity index (χ2v) is 16.5. The highest BCUT2D eigenvalue weighted by Gasteiger charge is 2.28. The Morgan fingerprint density at radius 1 is 0.627 bits per heavy atom. The van der Waals surface area contributed by atoms with Gasteiger partial charge in [0.1, 0.15) is 12.6 Å². The molecule has 0 radical (unpaired) electrons. The Balaban J connectivity index is 4.40. The molecule has 0 rings (SSSR count). The zero-order valence-electron chi connectivity index (χ0n) is 36.4. The fraction of sp³-hybridized carbons (Fsp3) is 0.717. The van der Waals surface area contributed by atoms with E-state index in [-0.39, 0.29) is 19.4 Å². The molecule has 0 fully saturated rings. The molecule has 0 saturated heterocycles. The highest BCUT2D eigenvalue weighted by molar-refractivity contribution is 7.47. The summed E-state index contributed by atoms with van der Waals surface area (Å²) < 4.78 is 32.7. The van der Waals surface area contributed by atoms with Gasteiger partial charge in [0.25, 0.3) is 0 Å². The van der Waals surface area contributed by atoms with Crippen molar-refractivity contribution in [1.29, 1.82) is 0 Å². The van der Waals surface area contributed by atoms with Crippen LogP contribution in [0.5, 0.6) is 0 Å². The lowest BCUT2D eigenvalue weighted by atomic mass is 10.1. The van der Waals surface area contributed by atoms with Gasteiger partial charge in [-0.15, -0.1) is 0 Å². The molecule has 0 aromatic heterocycles. The maximum Gasteiger partial charge on any atom is 0.472 e. The van der Waals surface area contributed by atoms with Crippen LogP contribution >= 0.6 is 7.82 Å². The molecule has 0 aromatic rings. The van der Waals surface area contributed by atoms with Gasteiger partial charge in [0, 0.05) is 12.8 Å². The molecule has 0 heterocycles.